The Morgan fingerprint density at radius 1 is 1.46 bits per heavy atom. The highest BCUT2D eigenvalue weighted by Crippen LogP contribution is 2.08. The van der Waals surface area contributed by atoms with Crippen LogP contribution in [-0.2, 0) is 6.42 Å². The average molecular weight is 219 g/mol. The van der Waals surface area contributed by atoms with Crippen molar-refractivity contribution in [2.24, 2.45) is 5.73 Å². The van der Waals surface area contributed by atoms with Crippen molar-refractivity contribution in [3.63, 3.8) is 0 Å². The Kier molecular flexibility index (Phi) is 4.50. The summed E-state index contributed by atoms with van der Waals surface area (Å²) >= 11 is 11.2. The third-order valence-corrected chi connectivity index (χ3v) is 2.21. The maximum Gasteiger partial charge on any atom is 0.129 e. The number of hydrogen-bond acceptors (Lipinski definition) is 2. The number of halogens is 2. The van der Waals surface area contributed by atoms with Gasteiger partial charge < -0.3 is 5.73 Å². The highest BCUT2D eigenvalue weighted by Gasteiger charge is 2.03. The molecule has 0 saturated heterocycles. The zero-order chi connectivity index (χ0) is 9.68. The molecule has 1 atom stereocenters. The highest BCUT2D eigenvalue weighted by molar-refractivity contribution is 6.29. The molecule has 0 bridgehead atoms. The molecule has 0 aromatic carbocycles. The largest absolute Gasteiger partial charge is 0.327 e. The molecule has 72 valence electrons. The van der Waals surface area contributed by atoms with Gasteiger partial charge in [0.2, 0.25) is 0 Å². The van der Waals surface area contributed by atoms with E-state index < -0.39 is 0 Å². The summed E-state index contributed by atoms with van der Waals surface area (Å²) in [6.45, 7) is 0. The lowest BCUT2D eigenvalue weighted by Crippen LogP contribution is -2.23. The lowest BCUT2D eigenvalue weighted by atomic mass is 10.1. The molecular weight excluding hydrogens is 207 g/mol. The fraction of sp³-hybridized carbons (Fsp3) is 0.444. The molecule has 0 radical (unpaired) electrons. The molecule has 0 aliphatic carbocycles. The minimum absolute atomic E-state index is 0.112. The molecule has 1 unspecified atom stereocenters. The van der Waals surface area contributed by atoms with Crippen LogP contribution in [0.15, 0.2) is 18.3 Å². The number of nitrogens with two attached hydrogens (primary N) is 1. The first kappa shape index (κ1) is 10.8. The van der Waals surface area contributed by atoms with Gasteiger partial charge >= 0.3 is 0 Å². The van der Waals surface area contributed by atoms with Gasteiger partial charge in [-0.1, -0.05) is 17.7 Å². The third-order valence-electron chi connectivity index (χ3n) is 1.77. The van der Waals surface area contributed by atoms with Gasteiger partial charge in [0, 0.05) is 18.1 Å². The summed E-state index contributed by atoms with van der Waals surface area (Å²) in [6, 6.07) is 3.81. The van der Waals surface area contributed by atoms with E-state index in [1.807, 2.05) is 6.07 Å². The number of hydrogen-bond donors (Lipinski definition) is 1. The van der Waals surface area contributed by atoms with Crippen LogP contribution >= 0.6 is 23.2 Å². The van der Waals surface area contributed by atoms with Gasteiger partial charge in [-0.3, -0.25) is 0 Å². The number of rotatable bonds is 4. The van der Waals surface area contributed by atoms with E-state index in [1.54, 1.807) is 12.3 Å². The lowest BCUT2D eigenvalue weighted by Gasteiger charge is -2.08. The van der Waals surface area contributed by atoms with E-state index >= 15 is 0 Å². The van der Waals surface area contributed by atoms with Crippen LogP contribution in [0, 0.1) is 0 Å². The molecular formula is C9H12Cl2N2. The second kappa shape index (κ2) is 5.43. The van der Waals surface area contributed by atoms with Crippen LogP contribution in [0.4, 0.5) is 0 Å². The van der Waals surface area contributed by atoms with E-state index in [2.05, 4.69) is 4.98 Å². The smallest absolute Gasteiger partial charge is 0.129 e. The molecule has 1 rings (SSSR count). The number of alkyl halides is 1. The van der Waals surface area contributed by atoms with E-state index in [1.165, 1.54) is 0 Å². The van der Waals surface area contributed by atoms with Gasteiger partial charge in [-0.05, 0) is 24.5 Å². The second-order valence-electron chi connectivity index (χ2n) is 2.93. The Balaban J connectivity index is 2.49. The van der Waals surface area contributed by atoms with Crippen molar-refractivity contribution in [2.75, 3.05) is 5.88 Å². The van der Waals surface area contributed by atoms with Crippen molar-refractivity contribution in [2.45, 2.75) is 18.9 Å². The first-order chi connectivity index (χ1) is 6.22. The Morgan fingerprint density at radius 2 is 2.23 bits per heavy atom. The highest BCUT2D eigenvalue weighted by atomic mass is 35.5. The molecule has 1 aromatic heterocycles. The minimum atomic E-state index is 0.112. The van der Waals surface area contributed by atoms with E-state index in [4.69, 9.17) is 28.9 Å². The van der Waals surface area contributed by atoms with Crippen molar-refractivity contribution in [1.29, 1.82) is 0 Å². The molecule has 0 saturated carbocycles. The summed E-state index contributed by atoms with van der Waals surface area (Å²) in [4.78, 5) is 3.97. The summed E-state index contributed by atoms with van der Waals surface area (Å²) in [7, 11) is 0. The summed E-state index contributed by atoms with van der Waals surface area (Å²) in [5.41, 5.74) is 6.91. The third kappa shape index (κ3) is 3.94. The Morgan fingerprint density at radius 3 is 2.77 bits per heavy atom. The van der Waals surface area contributed by atoms with Crippen LogP contribution in [0.5, 0.6) is 0 Å². The Hall–Kier alpha value is -0.310. The van der Waals surface area contributed by atoms with Crippen molar-refractivity contribution >= 4 is 23.2 Å². The summed E-state index contributed by atoms with van der Waals surface area (Å²) < 4.78 is 0. The van der Waals surface area contributed by atoms with Crippen LogP contribution in [0.2, 0.25) is 5.15 Å². The average Bonchev–Trinajstić information content (AvgIpc) is 2.09. The Bertz CT molecular complexity index is 248. The van der Waals surface area contributed by atoms with Crippen LogP contribution in [0.25, 0.3) is 0 Å². The Labute approximate surface area is 88.1 Å². The zero-order valence-corrected chi connectivity index (χ0v) is 8.72. The zero-order valence-electron chi connectivity index (χ0n) is 7.21. The van der Waals surface area contributed by atoms with Crippen LogP contribution in [-0.4, -0.2) is 16.9 Å². The molecule has 0 amide bonds. The molecule has 2 N–H and O–H groups in total. The van der Waals surface area contributed by atoms with Gasteiger partial charge in [0.05, 0.1) is 0 Å². The SMILES string of the molecule is NC(CCCl)Cc1ccc(Cl)nc1. The monoisotopic (exact) mass is 218 g/mol. The van der Waals surface area contributed by atoms with Gasteiger partial charge in [-0.25, -0.2) is 4.98 Å². The topological polar surface area (TPSA) is 38.9 Å². The molecule has 4 heteroatoms. The fourth-order valence-electron chi connectivity index (χ4n) is 1.07. The summed E-state index contributed by atoms with van der Waals surface area (Å²) in [5, 5.41) is 0.509. The molecule has 13 heavy (non-hydrogen) atoms. The van der Waals surface area contributed by atoms with E-state index in [-0.39, 0.29) is 6.04 Å². The number of aromatic nitrogens is 1. The maximum absolute atomic E-state index is 5.81. The van der Waals surface area contributed by atoms with E-state index in [0.717, 1.165) is 18.4 Å². The van der Waals surface area contributed by atoms with Crippen molar-refractivity contribution < 1.29 is 0 Å². The molecule has 0 fully saturated rings. The number of nitrogens with zero attached hydrogens (tertiary/aromatic N) is 1. The van der Waals surface area contributed by atoms with Gasteiger partial charge in [0.25, 0.3) is 0 Å². The number of pyridine rings is 1. The fourth-order valence-corrected chi connectivity index (χ4v) is 1.46. The minimum Gasteiger partial charge on any atom is -0.327 e. The van der Waals surface area contributed by atoms with Gasteiger partial charge in [-0.15, -0.1) is 11.6 Å². The molecule has 1 heterocycles. The molecule has 0 spiro atoms. The van der Waals surface area contributed by atoms with Gasteiger partial charge in [0.15, 0.2) is 0 Å². The second-order valence-corrected chi connectivity index (χ2v) is 3.70. The van der Waals surface area contributed by atoms with Gasteiger partial charge in [0.1, 0.15) is 5.15 Å². The molecule has 0 aliphatic rings. The first-order valence-electron chi connectivity index (χ1n) is 4.14. The van der Waals surface area contributed by atoms with Crippen LogP contribution in [0.1, 0.15) is 12.0 Å². The molecule has 0 aliphatic heterocycles. The van der Waals surface area contributed by atoms with Crippen molar-refractivity contribution in [3.8, 4) is 0 Å². The van der Waals surface area contributed by atoms with Crippen molar-refractivity contribution in [3.05, 3.63) is 29.0 Å². The predicted octanol–water partition coefficient (Wildman–Crippen LogP) is 2.23. The normalized spacial score (nSPS) is 12.8. The van der Waals surface area contributed by atoms with Crippen molar-refractivity contribution in [1.82, 2.24) is 4.98 Å². The maximum atomic E-state index is 5.81. The standard InChI is InChI=1S/C9H12Cl2N2/c10-4-3-8(12)5-7-1-2-9(11)13-6-7/h1-2,6,8H,3-5,12H2. The van der Waals surface area contributed by atoms with E-state index in [9.17, 15) is 0 Å². The molecule has 2 nitrogen and oxygen atoms in total. The summed E-state index contributed by atoms with van der Waals surface area (Å²) in [5.74, 6) is 0.599. The molecule has 1 aromatic rings. The van der Waals surface area contributed by atoms with Crippen LogP contribution in [0.3, 0.4) is 0 Å². The quantitative estimate of drug-likeness (QED) is 0.623. The summed E-state index contributed by atoms with van der Waals surface area (Å²) in [6.07, 6.45) is 3.37. The van der Waals surface area contributed by atoms with E-state index in [0.29, 0.717) is 11.0 Å². The first-order valence-corrected chi connectivity index (χ1v) is 5.05. The predicted molar refractivity (Wildman–Crippen MR) is 56.3 cm³/mol. The van der Waals surface area contributed by atoms with Gasteiger partial charge in [-0.2, -0.15) is 0 Å². The lowest BCUT2D eigenvalue weighted by molar-refractivity contribution is 0.648. The van der Waals surface area contributed by atoms with Crippen LogP contribution < -0.4 is 5.73 Å².